The molecule has 2 aromatic heterocycles. The van der Waals surface area contributed by atoms with Crippen LogP contribution < -0.4 is 9.80 Å². The minimum absolute atomic E-state index is 0.436. The zero-order valence-corrected chi connectivity index (χ0v) is 18.1. The average Bonchev–Trinajstić information content (AvgIpc) is 3.22. The van der Waals surface area contributed by atoms with Crippen LogP contribution in [-0.2, 0) is 11.3 Å². The van der Waals surface area contributed by atoms with Gasteiger partial charge in [-0.1, -0.05) is 19.4 Å². The van der Waals surface area contributed by atoms with Gasteiger partial charge in [0.25, 0.3) is 0 Å². The van der Waals surface area contributed by atoms with Crippen molar-refractivity contribution in [3.8, 4) is 11.4 Å². The molecule has 4 heterocycles. The van der Waals surface area contributed by atoms with Gasteiger partial charge in [-0.3, -0.25) is 0 Å². The Morgan fingerprint density at radius 2 is 1.87 bits per heavy atom. The highest BCUT2D eigenvalue weighted by molar-refractivity contribution is 5.78. The first-order valence-electron chi connectivity index (χ1n) is 11.6. The molecule has 6 nitrogen and oxygen atoms in total. The number of carbonyl (C=O) groups is 1. The minimum Gasteiger partial charge on any atom is -0.480 e. The van der Waals surface area contributed by atoms with Crippen LogP contribution in [0.15, 0.2) is 30.3 Å². The molecule has 0 saturated carbocycles. The van der Waals surface area contributed by atoms with Gasteiger partial charge in [-0.25, -0.2) is 9.78 Å². The highest BCUT2D eigenvalue weighted by Gasteiger charge is 2.31. The minimum atomic E-state index is -0.718. The van der Waals surface area contributed by atoms with E-state index in [1.165, 1.54) is 19.3 Å². The van der Waals surface area contributed by atoms with Gasteiger partial charge in [-0.2, -0.15) is 0 Å². The standard InChI is InChI=1S/C24H34N4O2/c1-2-3-17-27-20(13-14-23(27)28-18-8-5-11-21(28)24(29)30)19-10-9-12-22(25-19)26-15-6-4-7-16-26/h9-10,12-14,21H,2-8,11,15-18H2,1H3,(H,29,30). The van der Waals surface area contributed by atoms with E-state index in [4.69, 9.17) is 4.98 Å². The maximum atomic E-state index is 11.9. The van der Waals surface area contributed by atoms with Crippen molar-refractivity contribution >= 4 is 17.6 Å². The first kappa shape index (κ1) is 20.8. The van der Waals surface area contributed by atoms with Crippen LogP contribution >= 0.6 is 0 Å². The van der Waals surface area contributed by atoms with Crippen molar-refractivity contribution in [3.63, 3.8) is 0 Å². The van der Waals surface area contributed by atoms with Crippen LogP contribution in [0.4, 0.5) is 11.6 Å². The van der Waals surface area contributed by atoms with E-state index in [-0.39, 0.29) is 0 Å². The van der Waals surface area contributed by atoms with Crippen molar-refractivity contribution < 1.29 is 9.90 Å². The van der Waals surface area contributed by atoms with Crippen LogP contribution in [0, 0.1) is 0 Å². The number of carboxylic acids is 1. The van der Waals surface area contributed by atoms with Crippen LogP contribution in [0.25, 0.3) is 11.4 Å². The summed E-state index contributed by atoms with van der Waals surface area (Å²) in [5.41, 5.74) is 2.07. The van der Waals surface area contributed by atoms with Crippen molar-refractivity contribution in [2.75, 3.05) is 29.4 Å². The third kappa shape index (κ3) is 4.32. The first-order valence-corrected chi connectivity index (χ1v) is 11.6. The number of aromatic nitrogens is 2. The molecule has 2 fully saturated rings. The lowest BCUT2D eigenvalue weighted by Gasteiger charge is -2.35. The molecule has 0 radical (unpaired) electrons. The predicted octanol–water partition coefficient (Wildman–Crippen LogP) is 4.78. The summed E-state index contributed by atoms with van der Waals surface area (Å²) in [6, 6.07) is 10.1. The highest BCUT2D eigenvalue weighted by atomic mass is 16.4. The Morgan fingerprint density at radius 3 is 2.63 bits per heavy atom. The second kappa shape index (κ2) is 9.54. The van der Waals surface area contributed by atoms with Crippen molar-refractivity contribution in [2.45, 2.75) is 70.9 Å². The summed E-state index contributed by atoms with van der Waals surface area (Å²) in [4.78, 5) is 21.4. The number of nitrogens with zero attached hydrogens (tertiary/aromatic N) is 4. The van der Waals surface area contributed by atoms with E-state index in [1.54, 1.807) is 0 Å². The molecule has 162 valence electrons. The Hall–Kier alpha value is -2.50. The van der Waals surface area contributed by atoms with E-state index in [1.807, 2.05) is 0 Å². The summed E-state index contributed by atoms with van der Waals surface area (Å²) in [5, 5.41) is 9.77. The van der Waals surface area contributed by atoms with Gasteiger partial charge < -0.3 is 19.5 Å². The summed E-state index contributed by atoms with van der Waals surface area (Å²) >= 11 is 0. The molecule has 1 N–H and O–H groups in total. The summed E-state index contributed by atoms with van der Waals surface area (Å²) in [7, 11) is 0. The predicted molar refractivity (Wildman–Crippen MR) is 121 cm³/mol. The fourth-order valence-corrected chi connectivity index (χ4v) is 4.81. The van der Waals surface area contributed by atoms with Gasteiger partial charge in [0.05, 0.1) is 11.4 Å². The number of pyridine rings is 1. The fraction of sp³-hybridized carbons (Fsp3) is 0.583. The van der Waals surface area contributed by atoms with Gasteiger partial charge in [0.15, 0.2) is 0 Å². The van der Waals surface area contributed by atoms with Crippen LogP contribution in [0.5, 0.6) is 0 Å². The Morgan fingerprint density at radius 1 is 1.07 bits per heavy atom. The van der Waals surface area contributed by atoms with E-state index in [0.717, 1.165) is 74.9 Å². The smallest absolute Gasteiger partial charge is 0.326 e. The van der Waals surface area contributed by atoms with Crippen LogP contribution in [0.1, 0.15) is 58.3 Å². The van der Waals surface area contributed by atoms with E-state index in [0.29, 0.717) is 6.42 Å². The molecule has 4 rings (SSSR count). The summed E-state index contributed by atoms with van der Waals surface area (Å²) < 4.78 is 2.30. The molecule has 2 aliphatic heterocycles. The Labute approximate surface area is 179 Å². The third-order valence-electron chi connectivity index (χ3n) is 6.45. The van der Waals surface area contributed by atoms with Crippen molar-refractivity contribution in [1.82, 2.24) is 9.55 Å². The average molecular weight is 411 g/mol. The second-order valence-electron chi connectivity index (χ2n) is 8.55. The molecule has 1 atom stereocenters. The lowest BCUT2D eigenvalue weighted by atomic mass is 10.0. The Bertz CT molecular complexity index is 857. The maximum Gasteiger partial charge on any atom is 0.326 e. The second-order valence-corrected chi connectivity index (χ2v) is 8.55. The van der Waals surface area contributed by atoms with Gasteiger partial charge >= 0.3 is 5.97 Å². The lowest BCUT2D eigenvalue weighted by Crippen LogP contribution is -2.45. The van der Waals surface area contributed by atoms with Crippen molar-refractivity contribution in [2.24, 2.45) is 0 Å². The number of piperidine rings is 2. The quantitative estimate of drug-likeness (QED) is 0.711. The third-order valence-corrected chi connectivity index (χ3v) is 6.45. The lowest BCUT2D eigenvalue weighted by molar-refractivity contribution is -0.139. The molecule has 0 aromatic carbocycles. The van der Waals surface area contributed by atoms with Gasteiger partial charge in [0, 0.05) is 26.2 Å². The van der Waals surface area contributed by atoms with Crippen LogP contribution in [0.2, 0.25) is 0 Å². The maximum absolute atomic E-state index is 11.9. The first-order chi connectivity index (χ1) is 14.7. The number of carboxylic acid groups (broad SMARTS) is 1. The molecule has 6 heteroatoms. The summed E-state index contributed by atoms with van der Waals surface area (Å²) in [5.74, 6) is 1.36. The Balaban J connectivity index is 1.69. The van der Waals surface area contributed by atoms with Crippen LogP contribution in [0.3, 0.4) is 0 Å². The molecular weight excluding hydrogens is 376 g/mol. The van der Waals surface area contributed by atoms with Gasteiger partial charge in [0.1, 0.15) is 17.7 Å². The van der Waals surface area contributed by atoms with E-state index in [9.17, 15) is 9.90 Å². The van der Waals surface area contributed by atoms with E-state index < -0.39 is 12.0 Å². The monoisotopic (exact) mass is 410 g/mol. The molecule has 2 saturated heterocycles. The van der Waals surface area contributed by atoms with E-state index >= 15 is 0 Å². The number of hydrogen-bond donors (Lipinski definition) is 1. The molecular formula is C24H34N4O2. The highest BCUT2D eigenvalue weighted by Crippen LogP contribution is 2.32. The normalized spacial score (nSPS) is 19.8. The number of unbranched alkanes of at least 4 members (excludes halogenated alkanes) is 1. The van der Waals surface area contributed by atoms with Gasteiger partial charge in [0.2, 0.25) is 0 Å². The van der Waals surface area contributed by atoms with Gasteiger partial charge in [-0.05, 0) is 69.2 Å². The SMILES string of the molecule is CCCCn1c(-c2cccc(N3CCCCC3)n2)ccc1N1CCCCC1C(=O)O. The van der Waals surface area contributed by atoms with E-state index in [2.05, 4.69) is 51.6 Å². The molecule has 1 unspecified atom stereocenters. The topological polar surface area (TPSA) is 61.6 Å². The van der Waals surface area contributed by atoms with Crippen LogP contribution in [-0.4, -0.2) is 46.3 Å². The molecule has 0 aliphatic carbocycles. The summed E-state index contributed by atoms with van der Waals surface area (Å²) in [6.07, 6.45) is 8.66. The molecule has 0 amide bonds. The van der Waals surface area contributed by atoms with Crippen molar-refractivity contribution in [3.05, 3.63) is 30.3 Å². The zero-order valence-electron chi connectivity index (χ0n) is 18.1. The number of anilines is 2. The number of hydrogen-bond acceptors (Lipinski definition) is 4. The summed E-state index contributed by atoms with van der Waals surface area (Å²) in [6.45, 7) is 6.03. The molecule has 0 spiro atoms. The Kier molecular flexibility index (Phi) is 6.60. The van der Waals surface area contributed by atoms with Gasteiger partial charge in [-0.15, -0.1) is 0 Å². The molecule has 2 aromatic rings. The molecule has 0 bridgehead atoms. The fourth-order valence-electron chi connectivity index (χ4n) is 4.81. The number of aliphatic carboxylic acids is 1. The zero-order chi connectivity index (χ0) is 20.9. The number of rotatable bonds is 7. The molecule has 30 heavy (non-hydrogen) atoms. The largest absolute Gasteiger partial charge is 0.480 e. The van der Waals surface area contributed by atoms with Crippen molar-refractivity contribution in [1.29, 1.82) is 0 Å². The molecule has 2 aliphatic rings.